The summed E-state index contributed by atoms with van der Waals surface area (Å²) >= 11 is 0. The van der Waals surface area contributed by atoms with E-state index in [4.69, 9.17) is 15.9 Å². The highest BCUT2D eigenvalue weighted by atomic mass is 16.5. The van der Waals surface area contributed by atoms with Gasteiger partial charge in [0.15, 0.2) is 6.10 Å². The lowest BCUT2D eigenvalue weighted by Gasteiger charge is -2.17. The second-order valence-electron chi connectivity index (χ2n) is 6.69. The third kappa shape index (κ3) is 5.01. The maximum absolute atomic E-state index is 12.7. The number of amidine groups is 1. The second kappa shape index (κ2) is 9.67. The Labute approximate surface area is 174 Å². The molecule has 154 valence electrons. The number of nitrogens with two attached hydrogens (primary N) is 1. The highest BCUT2D eigenvalue weighted by Crippen LogP contribution is 2.19. The van der Waals surface area contributed by atoms with Crippen LogP contribution in [0.4, 0.5) is 0 Å². The molecule has 1 heterocycles. The summed E-state index contributed by atoms with van der Waals surface area (Å²) in [6.07, 6.45) is -1.01. The van der Waals surface area contributed by atoms with E-state index in [0.29, 0.717) is 11.3 Å². The summed E-state index contributed by atoms with van der Waals surface area (Å²) in [4.78, 5) is 28.2. The Balaban J connectivity index is 1.75. The van der Waals surface area contributed by atoms with E-state index in [-0.39, 0.29) is 30.1 Å². The number of benzene rings is 2. The van der Waals surface area contributed by atoms with Crippen molar-refractivity contribution in [3.8, 4) is 11.3 Å². The smallest absolute Gasteiger partial charge is 0.254 e. The molecule has 30 heavy (non-hydrogen) atoms. The van der Waals surface area contributed by atoms with Crippen molar-refractivity contribution in [2.24, 2.45) is 5.73 Å². The van der Waals surface area contributed by atoms with E-state index in [2.05, 4.69) is 10.3 Å². The van der Waals surface area contributed by atoms with E-state index < -0.39 is 12.0 Å². The predicted octanol–water partition coefficient (Wildman–Crippen LogP) is 2.72. The van der Waals surface area contributed by atoms with Gasteiger partial charge in [-0.15, -0.1) is 0 Å². The van der Waals surface area contributed by atoms with Gasteiger partial charge in [0, 0.05) is 24.4 Å². The molecule has 0 unspecified atom stereocenters. The number of H-pyrrole nitrogens is 1. The number of ether oxygens (including phenoxy) is 1. The number of nitrogens with one attached hydrogen (secondary N) is 3. The van der Waals surface area contributed by atoms with Crippen molar-refractivity contribution >= 4 is 11.7 Å². The molecule has 7 heteroatoms. The van der Waals surface area contributed by atoms with Gasteiger partial charge >= 0.3 is 0 Å². The molecular formula is C23H24N4O3. The number of carbonyl (C=O) groups is 1. The number of hydrogen-bond acceptors (Lipinski definition) is 4. The van der Waals surface area contributed by atoms with Crippen LogP contribution in [0.15, 0.2) is 71.5 Å². The van der Waals surface area contributed by atoms with Crippen molar-refractivity contribution in [1.29, 1.82) is 5.41 Å². The maximum Gasteiger partial charge on any atom is 0.254 e. The Morgan fingerprint density at radius 3 is 2.40 bits per heavy atom. The minimum Gasteiger partial charge on any atom is -0.384 e. The standard InChI is InChI=1S/C23H24N4O3/c1-2-30-20(23(29)26-14-15-8-10-17(11-9-15)21(24)25)18-12-13-19(27-22(18)28)16-6-4-3-5-7-16/h3-13,20H,2,14H2,1H3,(H3,24,25)(H,26,29)(H,27,28)/t20-/m0/s1. The second-order valence-corrected chi connectivity index (χ2v) is 6.69. The minimum absolute atomic E-state index is 0.0137. The molecule has 0 radical (unpaired) electrons. The molecule has 0 aliphatic carbocycles. The number of aromatic nitrogens is 1. The van der Waals surface area contributed by atoms with Crippen LogP contribution in [0.25, 0.3) is 11.3 Å². The van der Waals surface area contributed by atoms with Gasteiger partial charge in [0.1, 0.15) is 5.84 Å². The van der Waals surface area contributed by atoms with Gasteiger partial charge < -0.3 is 20.8 Å². The van der Waals surface area contributed by atoms with Crippen molar-refractivity contribution < 1.29 is 9.53 Å². The Morgan fingerprint density at radius 1 is 1.10 bits per heavy atom. The number of aromatic amines is 1. The lowest BCUT2D eigenvalue weighted by Crippen LogP contribution is -2.33. The first-order valence-electron chi connectivity index (χ1n) is 9.61. The van der Waals surface area contributed by atoms with Crippen LogP contribution in [-0.4, -0.2) is 23.3 Å². The largest absolute Gasteiger partial charge is 0.384 e. The summed E-state index contributed by atoms with van der Waals surface area (Å²) in [7, 11) is 0. The van der Waals surface area contributed by atoms with Crippen LogP contribution < -0.4 is 16.6 Å². The molecular weight excluding hydrogens is 380 g/mol. The van der Waals surface area contributed by atoms with Gasteiger partial charge in [-0.3, -0.25) is 15.0 Å². The van der Waals surface area contributed by atoms with Crippen LogP contribution in [0.5, 0.6) is 0 Å². The molecule has 3 rings (SSSR count). The molecule has 0 aliphatic heterocycles. The molecule has 0 spiro atoms. The third-order valence-electron chi connectivity index (χ3n) is 4.61. The fourth-order valence-electron chi connectivity index (χ4n) is 3.03. The predicted molar refractivity (Wildman–Crippen MR) is 116 cm³/mol. The number of pyridine rings is 1. The summed E-state index contributed by atoms with van der Waals surface area (Å²) < 4.78 is 5.58. The molecule has 0 fully saturated rings. The maximum atomic E-state index is 12.7. The van der Waals surface area contributed by atoms with Crippen LogP contribution in [0.2, 0.25) is 0 Å². The third-order valence-corrected chi connectivity index (χ3v) is 4.61. The van der Waals surface area contributed by atoms with E-state index in [1.165, 1.54) is 0 Å². The molecule has 0 aliphatic rings. The molecule has 5 N–H and O–H groups in total. The summed E-state index contributed by atoms with van der Waals surface area (Å²) in [5, 5.41) is 10.2. The monoisotopic (exact) mass is 404 g/mol. The van der Waals surface area contributed by atoms with E-state index in [1.54, 1.807) is 43.3 Å². The molecule has 2 aromatic carbocycles. The van der Waals surface area contributed by atoms with Gasteiger partial charge in [-0.25, -0.2) is 0 Å². The first-order chi connectivity index (χ1) is 14.5. The van der Waals surface area contributed by atoms with E-state index in [9.17, 15) is 9.59 Å². The van der Waals surface area contributed by atoms with E-state index >= 15 is 0 Å². The number of hydrogen-bond donors (Lipinski definition) is 4. The Hall–Kier alpha value is -3.71. The van der Waals surface area contributed by atoms with Crippen LogP contribution >= 0.6 is 0 Å². The first-order valence-corrected chi connectivity index (χ1v) is 9.61. The lowest BCUT2D eigenvalue weighted by molar-refractivity contribution is -0.133. The van der Waals surface area contributed by atoms with Crippen molar-refractivity contribution in [3.05, 3.63) is 93.8 Å². The molecule has 0 saturated heterocycles. The average Bonchev–Trinajstić information content (AvgIpc) is 2.77. The molecule has 1 amide bonds. The SMILES string of the molecule is CCO[C@H](C(=O)NCc1ccc(C(=N)N)cc1)c1ccc(-c2ccccc2)[nH]c1=O. The Kier molecular flexibility index (Phi) is 6.77. The fraction of sp³-hybridized carbons (Fsp3) is 0.174. The van der Waals surface area contributed by atoms with Gasteiger partial charge in [-0.1, -0.05) is 54.6 Å². The van der Waals surface area contributed by atoms with Crippen LogP contribution in [-0.2, 0) is 16.1 Å². The number of rotatable bonds is 8. The zero-order valence-corrected chi connectivity index (χ0v) is 16.6. The lowest BCUT2D eigenvalue weighted by atomic mass is 10.1. The normalized spacial score (nSPS) is 11.6. The topological polar surface area (TPSA) is 121 Å². The molecule has 7 nitrogen and oxygen atoms in total. The van der Waals surface area contributed by atoms with Crippen LogP contribution in [0.3, 0.4) is 0 Å². The Bertz CT molecular complexity index is 1080. The van der Waals surface area contributed by atoms with Crippen LogP contribution in [0, 0.1) is 5.41 Å². The van der Waals surface area contributed by atoms with Gasteiger partial charge in [0.25, 0.3) is 11.5 Å². The molecule has 1 atom stereocenters. The van der Waals surface area contributed by atoms with Gasteiger partial charge in [-0.05, 0) is 30.2 Å². The van der Waals surface area contributed by atoms with Gasteiger partial charge in [0.05, 0.1) is 5.56 Å². The first kappa shape index (κ1) is 21.0. The molecule has 3 aromatic rings. The fourth-order valence-corrected chi connectivity index (χ4v) is 3.03. The number of nitrogen functional groups attached to an aromatic ring is 1. The van der Waals surface area contributed by atoms with Crippen molar-refractivity contribution in [3.63, 3.8) is 0 Å². The summed E-state index contributed by atoms with van der Waals surface area (Å²) in [5.41, 5.74) is 8.35. The molecule has 0 saturated carbocycles. The van der Waals surface area contributed by atoms with Crippen molar-refractivity contribution in [1.82, 2.24) is 10.3 Å². The number of amides is 1. The van der Waals surface area contributed by atoms with E-state index in [1.807, 2.05) is 30.3 Å². The highest BCUT2D eigenvalue weighted by molar-refractivity contribution is 5.94. The van der Waals surface area contributed by atoms with Crippen molar-refractivity contribution in [2.75, 3.05) is 6.61 Å². The zero-order valence-electron chi connectivity index (χ0n) is 16.6. The van der Waals surface area contributed by atoms with Crippen LogP contribution in [0.1, 0.15) is 29.7 Å². The minimum atomic E-state index is -1.01. The molecule has 0 bridgehead atoms. The summed E-state index contributed by atoms with van der Waals surface area (Å²) in [6.45, 7) is 2.32. The molecule has 1 aromatic heterocycles. The highest BCUT2D eigenvalue weighted by Gasteiger charge is 2.24. The average molecular weight is 404 g/mol. The van der Waals surface area contributed by atoms with Gasteiger partial charge in [0.2, 0.25) is 0 Å². The number of carbonyl (C=O) groups excluding carboxylic acids is 1. The quantitative estimate of drug-likeness (QED) is 0.341. The van der Waals surface area contributed by atoms with Gasteiger partial charge in [-0.2, -0.15) is 0 Å². The van der Waals surface area contributed by atoms with E-state index in [0.717, 1.165) is 11.1 Å². The summed E-state index contributed by atoms with van der Waals surface area (Å²) in [6, 6.07) is 19.9. The summed E-state index contributed by atoms with van der Waals surface area (Å²) in [5.74, 6) is -0.411. The van der Waals surface area contributed by atoms with Crippen molar-refractivity contribution in [2.45, 2.75) is 19.6 Å². The zero-order chi connectivity index (χ0) is 21.5. The Morgan fingerprint density at radius 2 is 1.80 bits per heavy atom.